The van der Waals surface area contributed by atoms with E-state index in [0.717, 1.165) is 23.2 Å². The number of benzene rings is 2. The molecule has 0 fully saturated rings. The van der Waals surface area contributed by atoms with Crippen LogP contribution in [0, 0.1) is 0 Å². The van der Waals surface area contributed by atoms with Crippen molar-refractivity contribution in [3.63, 3.8) is 0 Å². The van der Waals surface area contributed by atoms with E-state index in [4.69, 9.17) is 11.6 Å². The second-order valence-electron chi connectivity index (χ2n) is 6.01. The lowest BCUT2D eigenvalue weighted by Gasteiger charge is -2.24. The van der Waals surface area contributed by atoms with Gasteiger partial charge in [-0.1, -0.05) is 41.9 Å². The lowest BCUT2D eigenvalue weighted by molar-refractivity contribution is -0.122. The van der Waals surface area contributed by atoms with Crippen LogP contribution in [-0.4, -0.2) is 32.7 Å². The van der Waals surface area contributed by atoms with Crippen molar-refractivity contribution in [1.29, 1.82) is 0 Å². The summed E-state index contributed by atoms with van der Waals surface area (Å²) < 4.78 is 1.53. The Morgan fingerprint density at radius 2 is 2.04 bits per heavy atom. The second-order valence-corrected chi connectivity index (χ2v) is 6.44. The molecular formula is C18H16ClN5O. The van der Waals surface area contributed by atoms with E-state index in [-0.39, 0.29) is 5.91 Å². The highest BCUT2D eigenvalue weighted by Crippen LogP contribution is 2.32. The number of carbonyl (C=O) groups is 1. The Kier molecular flexibility index (Phi) is 4.19. The van der Waals surface area contributed by atoms with Gasteiger partial charge in [0.15, 0.2) is 0 Å². The molecule has 1 aromatic heterocycles. The number of carbonyl (C=O) groups excluding carboxylic acids is 1. The molecule has 0 radical (unpaired) electrons. The lowest BCUT2D eigenvalue weighted by atomic mass is 10.0. The van der Waals surface area contributed by atoms with Crippen molar-refractivity contribution < 1.29 is 4.79 Å². The molecule has 4 rings (SSSR count). The molecule has 1 aliphatic heterocycles. The average molecular weight is 354 g/mol. The number of hydrogen-bond acceptors (Lipinski definition) is 4. The topological polar surface area (TPSA) is 63.9 Å². The van der Waals surface area contributed by atoms with Gasteiger partial charge >= 0.3 is 0 Å². The predicted molar refractivity (Wildman–Crippen MR) is 94.5 cm³/mol. The fourth-order valence-electron chi connectivity index (χ4n) is 3.22. The minimum Gasteiger partial charge on any atom is -0.310 e. The molecule has 0 aliphatic carbocycles. The number of tetrazole rings is 1. The third kappa shape index (κ3) is 3.13. The van der Waals surface area contributed by atoms with Crippen LogP contribution in [-0.2, 0) is 17.6 Å². The van der Waals surface area contributed by atoms with Crippen molar-refractivity contribution >= 4 is 23.2 Å². The normalized spacial score (nSPS) is 14.4. The van der Waals surface area contributed by atoms with Crippen molar-refractivity contribution in [3.8, 4) is 0 Å². The fraction of sp³-hybridized carbons (Fsp3) is 0.222. The number of anilines is 1. The molecule has 25 heavy (non-hydrogen) atoms. The Bertz CT molecular complexity index is 882. The maximum atomic E-state index is 13.3. The van der Waals surface area contributed by atoms with Crippen LogP contribution >= 0.6 is 11.6 Å². The van der Waals surface area contributed by atoms with Crippen molar-refractivity contribution in [2.24, 2.45) is 0 Å². The zero-order chi connectivity index (χ0) is 17.2. The van der Waals surface area contributed by atoms with E-state index in [1.165, 1.54) is 11.0 Å². The molecule has 2 heterocycles. The van der Waals surface area contributed by atoms with E-state index in [1.54, 1.807) is 4.90 Å². The molecule has 3 aromatic rings. The van der Waals surface area contributed by atoms with Gasteiger partial charge in [-0.25, -0.2) is 4.68 Å². The molecule has 0 N–H and O–H groups in total. The van der Waals surface area contributed by atoms with Crippen LogP contribution in [0.2, 0.25) is 5.02 Å². The third-order valence-corrected chi connectivity index (χ3v) is 4.68. The number of halogens is 1. The van der Waals surface area contributed by atoms with Crippen LogP contribution in [0.4, 0.5) is 5.69 Å². The number of nitrogens with zero attached hydrogens (tertiary/aromatic N) is 5. The van der Waals surface area contributed by atoms with Crippen LogP contribution in [0.5, 0.6) is 0 Å². The summed E-state index contributed by atoms with van der Waals surface area (Å²) in [7, 11) is 0. The van der Waals surface area contributed by atoms with E-state index in [0.29, 0.717) is 18.0 Å². The van der Waals surface area contributed by atoms with Crippen LogP contribution in [0.25, 0.3) is 0 Å². The minimum atomic E-state index is -0.487. The summed E-state index contributed by atoms with van der Waals surface area (Å²) >= 11 is 6.07. The van der Waals surface area contributed by atoms with Gasteiger partial charge in [-0.05, 0) is 46.2 Å². The summed E-state index contributed by atoms with van der Waals surface area (Å²) in [5, 5.41) is 12.0. The van der Waals surface area contributed by atoms with E-state index in [2.05, 4.69) is 15.5 Å². The molecule has 0 unspecified atom stereocenters. The summed E-state index contributed by atoms with van der Waals surface area (Å²) in [5.74, 6) is -0.0165. The molecular weight excluding hydrogens is 338 g/mol. The average Bonchev–Trinajstić information content (AvgIpc) is 3.29. The monoisotopic (exact) mass is 353 g/mol. The quantitative estimate of drug-likeness (QED) is 0.723. The fourth-order valence-corrected chi connectivity index (χ4v) is 3.42. The van der Waals surface area contributed by atoms with Gasteiger partial charge in [0.25, 0.3) is 5.91 Å². The van der Waals surface area contributed by atoms with E-state index < -0.39 is 6.04 Å². The molecule has 7 heteroatoms. The van der Waals surface area contributed by atoms with Crippen LogP contribution in [0.1, 0.15) is 17.2 Å². The molecule has 1 aliphatic rings. The molecule has 1 atom stereocenters. The van der Waals surface area contributed by atoms with Crippen molar-refractivity contribution in [2.75, 3.05) is 11.4 Å². The first-order chi connectivity index (χ1) is 12.2. The number of amides is 1. The van der Waals surface area contributed by atoms with E-state index >= 15 is 0 Å². The maximum absolute atomic E-state index is 13.3. The zero-order valence-corrected chi connectivity index (χ0v) is 14.2. The van der Waals surface area contributed by atoms with Gasteiger partial charge in [-0.2, -0.15) is 0 Å². The van der Waals surface area contributed by atoms with Gasteiger partial charge in [0.1, 0.15) is 12.4 Å². The standard InChI is InChI=1S/C18H16ClN5O/c19-15-6-7-16-14(11-15)8-9-23(16)18(25)17(24-12-20-21-22-24)10-13-4-2-1-3-5-13/h1-7,11-12,17H,8-10H2/t17-/m0/s1. The number of fused-ring (bicyclic) bond motifs is 1. The van der Waals surface area contributed by atoms with Crippen LogP contribution in [0.15, 0.2) is 54.9 Å². The molecule has 2 aromatic carbocycles. The molecule has 0 bridgehead atoms. The summed E-state index contributed by atoms with van der Waals surface area (Å²) in [6.07, 6.45) is 2.82. The van der Waals surface area contributed by atoms with Gasteiger partial charge in [0, 0.05) is 23.7 Å². The first-order valence-corrected chi connectivity index (χ1v) is 8.46. The highest BCUT2D eigenvalue weighted by Gasteiger charge is 2.32. The van der Waals surface area contributed by atoms with E-state index in [1.807, 2.05) is 48.5 Å². The van der Waals surface area contributed by atoms with Crippen molar-refractivity contribution in [1.82, 2.24) is 20.2 Å². The number of rotatable bonds is 4. The Hall–Kier alpha value is -2.73. The number of hydrogen-bond donors (Lipinski definition) is 0. The van der Waals surface area contributed by atoms with Gasteiger partial charge in [-0.3, -0.25) is 4.79 Å². The molecule has 0 saturated heterocycles. The van der Waals surface area contributed by atoms with Gasteiger partial charge in [0.05, 0.1) is 0 Å². The van der Waals surface area contributed by atoms with Gasteiger partial charge in [0.2, 0.25) is 0 Å². The molecule has 0 saturated carbocycles. The Balaban J connectivity index is 1.65. The summed E-state index contributed by atoms with van der Waals surface area (Å²) in [6.45, 7) is 0.641. The molecule has 1 amide bonds. The highest BCUT2D eigenvalue weighted by molar-refractivity contribution is 6.30. The first-order valence-electron chi connectivity index (χ1n) is 8.08. The summed E-state index contributed by atoms with van der Waals surface area (Å²) in [5.41, 5.74) is 3.07. The molecule has 126 valence electrons. The SMILES string of the molecule is O=C([C@H](Cc1ccccc1)n1cnnn1)N1CCc2cc(Cl)ccc21. The summed E-state index contributed by atoms with van der Waals surface area (Å²) in [6, 6.07) is 15.0. The van der Waals surface area contributed by atoms with Crippen molar-refractivity contribution in [3.05, 3.63) is 71.0 Å². The predicted octanol–water partition coefficient (Wildman–Crippen LogP) is 2.70. The second kappa shape index (κ2) is 6.64. The number of aromatic nitrogens is 4. The largest absolute Gasteiger partial charge is 0.310 e. The minimum absolute atomic E-state index is 0.0165. The summed E-state index contributed by atoms with van der Waals surface area (Å²) in [4.78, 5) is 15.1. The van der Waals surface area contributed by atoms with Crippen molar-refractivity contribution in [2.45, 2.75) is 18.9 Å². The first kappa shape index (κ1) is 15.8. The maximum Gasteiger partial charge on any atom is 0.252 e. The Morgan fingerprint density at radius 3 is 2.80 bits per heavy atom. The molecule has 6 nitrogen and oxygen atoms in total. The zero-order valence-electron chi connectivity index (χ0n) is 13.4. The van der Waals surface area contributed by atoms with Gasteiger partial charge < -0.3 is 4.90 Å². The molecule has 0 spiro atoms. The Morgan fingerprint density at radius 1 is 1.20 bits per heavy atom. The highest BCUT2D eigenvalue weighted by atomic mass is 35.5. The van der Waals surface area contributed by atoms with E-state index in [9.17, 15) is 4.79 Å². The smallest absolute Gasteiger partial charge is 0.252 e. The van der Waals surface area contributed by atoms with Crippen LogP contribution < -0.4 is 4.90 Å². The Labute approximate surface area is 150 Å². The van der Waals surface area contributed by atoms with Crippen LogP contribution in [0.3, 0.4) is 0 Å². The van der Waals surface area contributed by atoms with Gasteiger partial charge in [-0.15, -0.1) is 5.10 Å². The lowest BCUT2D eigenvalue weighted by Crippen LogP contribution is -2.37. The third-order valence-electron chi connectivity index (χ3n) is 4.44.